The molecule has 2 fully saturated rings. The molecule has 14 heavy (non-hydrogen) atoms. The Labute approximate surface area is 87.6 Å². The van der Waals surface area contributed by atoms with Crippen LogP contribution in [-0.2, 0) is 15.3 Å². The molecule has 2 heterocycles. The molecular weight excluding hydrogens is 196 g/mol. The Bertz CT molecular complexity index is 350. The molecule has 74 valence electrons. The quantitative estimate of drug-likeness (QED) is 0.661. The van der Waals surface area contributed by atoms with Gasteiger partial charge >= 0.3 is 0 Å². The van der Waals surface area contributed by atoms with Crippen molar-refractivity contribution in [3.8, 4) is 0 Å². The molecule has 2 aliphatic heterocycles. The second kappa shape index (κ2) is 2.75. The van der Waals surface area contributed by atoms with Crippen LogP contribution in [0.2, 0.25) is 0 Å². The fourth-order valence-electron chi connectivity index (χ4n) is 2.02. The highest BCUT2D eigenvalue weighted by Gasteiger charge is 2.71. The summed E-state index contributed by atoms with van der Waals surface area (Å²) in [5.74, 6) is 0.558. The van der Waals surface area contributed by atoms with Crippen LogP contribution in [0.15, 0.2) is 30.3 Å². The number of fused-ring (bicyclic) bond motifs is 1. The molecular formula is C11H12O2S. The van der Waals surface area contributed by atoms with E-state index in [9.17, 15) is 0 Å². The number of thioether (sulfide) groups is 1. The minimum Gasteiger partial charge on any atom is -0.342 e. The molecule has 2 atom stereocenters. The van der Waals surface area contributed by atoms with Crippen LogP contribution >= 0.6 is 11.8 Å². The zero-order valence-electron chi connectivity index (χ0n) is 8.03. The maximum atomic E-state index is 5.79. The minimum absolute atomic E-state index is 0.160. The van der Waals surface area contributed by atoms with Gasteiger partial charge in [0.2, 0.25) is 5.79 Å². The van der Waals surface area contributed by atoms with E-state index in [1.165, 1.54) is 0 Å². The molecule has 1 aromatic rings. The van der Waals surface area contributed by atoms with Gasteiger partial charge in [-0.1, -0.05) is 30.3 Å². The average Bonchev–Trinajstić information content (AvgIpc) is 2.87. The summed E-state index contributed by atoms with van der Waals surface area (Å²) in [5.41, 5.74) is 1.13. The van der Waals surface area contributed by atoms with Crippen LogP contribution in [0.1, 0.15) is 12.5 Å². The van der Waals surface area contributed by atoms with Crippen molar-refractivity contribution < 1.29 is 9.47 Å². The molecule has 2 saturated heterocycles. The van der Waals surface area contributed by atoms with E-state index < -0.39 is 5.79 Å². The summed E-state index contributed by atoms with van der Waals surface area (Å²) in [6, 6.07) is 10.2. The van der Waals surface area contributed by atoms with E-state index in [1.807, 2.05) is 30.0 Å². The van der Waals surface area contributed by atoms with Gasteiger partial charge in [-0.2, -0.15) is 0 Å². The Morgan fingerprint density at radius 3 is 2.79 bits per heavy atom. The Balaban J connectivity index is 1.99. The lowest BCUT2D eigenvalue weighted by atomic mass is 10.1. The van der Waals surface area contributed by atoms with Crippen LogP contribution in [0.25, 0.3) is 0 Å². The van der Waals surface area contributed by atoms with Crippen LogP contribution in [0.4, 0.5) is 0 Å². The first-order chi connectivity index (χ1) is 6.77. The van der Waals surface area contributed by atoms with Crippen molar-refractivity contribution in [2.75, 3.05) is 12.4 Å². The number of epoxide rings is 1. The lowest BCUT2D eigenvalue weighted by molar-refractivity contribution is -0.0421. The number of ether oxygens (including phenoxy) is 2. The largest absolute Gasteiger partial charge is 0.342 e. The number of hydrogen-bond donors (Lipinski definition) is 0. The molecule has 0 bridgehead atoms. The maximum absolute atomic E-state index is 5.79. The lowest BCUT2D eigenvalue weighted by Crippen LogP contribution is -2.28. The van der Waals surface area contributed by atoms with Gasteiger partial charge in [-0.15, -0.1) is 11.8 Å². The number of rotatable bonds is 1. The molecule has 0 radical (unpaired) electrons. The molecule has 0 spiro atoms. The van der Waals surface area contributed by atoms with Crippen LogP contribution in [0.5, 0.6) is 0 Å². The summed E-state index contributed by atoms with van der Waals surface area (Å²) in [4.78, 5) is -0.160. The van der Waals surface area contributed by atoms with Gasteiger partial charge in [-0.25, -0.2) is 0 Å². The SMILES string of the molecule is C[C@]12O[C@@]1(c1ccccc1)OCCS2. The molecule has 3 heteroatoms. The third-order valence-electron chi connectivity index (χ3n) is 2.81. The average molecular weight is 208 g/mol. The number of hydrogen-bond acceptors (Lipinski definition) is 3. The van der Waals surface area contributed by atoms with Gasteiger partial charge in [0.1, 0.15) is 0 Å². The summed E-state index contributed by atoms with van der Waals surface area (Å²) in [7, 11) is 0. The summed E-state index contributed by atoms with van der Waals surface area (Å²) in [6.45, 7) is 2.87. The van der Waals surface area contributed by atoms with Crippen molar-refractivity contribution in [2.45, 2.75) is 17.6 Å². The Kier molecular flexibility index (Phi) is 1.72. The van der Waals surface area contributed by atoms with Crippen LogP contribution < -0.4 is 0 Å². The highest BCUT2D eigenvalue weighted by atomic mass is 32.2. The summed E-state index contributed by atoms with van der Waals surface area (Å²) < 4.78 is 11.6. The fourth-order valence-corrected chi connectivity index (χ4v) is 3.12. The molecule has 3 rings (SSSR count). The van der Waals surface area contributed by atoms with Gasteiger partial charge in [0, 0.05) is 11.3 Å². The fraction of sp³-hybridized carbons (Fsp3) is 0.455. The predicted molar refractivity (Wildman–Crippen MR) is 56.0 cm³/mol. The first-order valence-corrected chi connectivity index (χ1v) is 5.79. The van der Waals surface area contributed by atoms with Gasteiger partial charge in [0.25, 0.3) is 0 Å². The summed E-state index contributed by atoms with van der Waals surface area (Å²) in [6.07, 6.45) is 0. The first kappa shape index (κ1) is 8.77. The highest BCUT2D eigenvalue weighted by molar-refractivity contribution is 8.00. The molecule has 0 aliphatic carbocycles. The minimum atomic E-state index is -0.461. The lowest BCUT2D eigenvalue weighted by Gasteiger charge is -2.22. The van der Waals surface area contributed by atoms with Crippen LogP contribution in [0, 0.1) is 0 Å². The topological polar surface area (TPSA) is 21.8 Å². The van der Waals surface area contributed by atoms with Gasteiger partial charge in [-0.05, 0) is 6.92 Å². The molecule has 1 aromatic carbocycles. The first-order valence-electron chi connectivity index (χ1n) is 4.80. The predicted octanol–water partition coefficient (Wildman–Crippen LogP) is 2.35. The Morgan fingerprint density at radius 2 is 2.07 bits per heavy atom. The number of benzene rings is 1. The molecule has 2 nitrogen and oxygen atoms in total. The molecule has 0 aromatic heterocycles. The van der Waals surface area contributed by atoms with Crippen molar-refractivity contribution >= 4 is 11.8 Å². The third-order valence-corrected chi connectivity index (χ3v) is 4.09. The van der Waals surface area contributed by atoms with Gasteiger partial charge < -0.3 is 9.47 Å². The Hall–Kier alpha value is -0.510. The highest BCUT2D eigenvalue weighted by Crippen LogP contribution is 2.64. The van der Waals surface area contributed by atoms with Gasteiger partial charge in [0.05, 0.1) is 6.61 Å². The smallest absolute Gasteiger partial charge is 0.236 e. The molecule has 0 N–H and O–H groups in total. The van der Waals surface area contributed by atoms with Crippen LogP contribution in [0.3, 0.4) is 0 Å². The van der Waals surface area contributed by atoms with E-state index >= 15 is 0 Å². The van der Waals surface area contributed by atoms with Crippen molar-refractivity contribution in [3.63, 3.8) is 0 Å². The molecule has 0 unspecified atom stereocenters. The van der Waals surface area contributed by atoms with E-state index in [0.29, 0.717) is 0 Å². The second-order valence-electron chi connectivity index (χ2n) is 3.73. The summed E-state index contributed by atoms with van der Waals surface area (Å²) >= 11 is 1.84. The zero-order chi connectivity index (χ0) is 9.65. The zero-order valence-corrected chi connectivity index (χ0v) is 8.84. The van der Waals surface area contributed by atoms with E-state index in [0.717, 1.165) is 17.9 Å². The van der Waals surface area contributed by atoms with Gasteiger partial charge in [-0.3, -0.25) is 0 Å². The van der Waals surface area contributed by atoms with Crippen molar-refractivity contribution in [3.05, 3.63) is 35.9 Å². The van der Waals surface area contributed by atoms with E-state index in [-0.39, 0.29) is 4.93 Å². The molecule has 0 saturated carbocycles. The van der Waals surface area contributed by atoms with E-state index in [1.54, 1.807) is 0 Å². The van der Waals surface area contributed by atoms with Gasteiger partial charge in [0.15, 0.2) is 4.93 Å². The monoisotopic (exact) mass is 208 g/mol. The maximum Gasteiger partial charge on any atom is 0.236 e. The Morgan fingerprint density at radius 1 is 1.29 bits per heavy atom. The third kappa shape index (κ3) is 1.00. The van der Waals surface area contributed by atoms with E-state index in [4.69, 9.17) is 9.47 Å². The second-order valence-corrected chi connectivity index (χ2v) is 5.20. The normalized spacial score (nSPS) is 40.4. The van der Waals surface area contributed by atoms with Crippen LogP contribution in [-0.4, -0.2) is 17.3 Å². The summed E-state index contributed by atoms with van der Waals surface area (Å²) in [5, 5.41) is 0. The molecule has 2 aliphatic rings. The molecule has 0 amide bonds. The standard InChI is InChI=1S/C11H12O2S/c1-10-11(13-10,12-7-8-14-10)9-5-3-2-4-6-9/h2-6H,7-8H2,1H3/t10-,11-/m1/s1. The van der Waals surface area contributed by atoms with Crippen molar-refractivity contribution in [1.29, 1.82) is 0 Å². The van der Waals surface area contributed by atoms with E-state index in [2.05, 4.69) is 19.1 Å². The van der Waals surface area contributed by atoms with Crippen molar-refractivity contribution in [2.24, 2.45) is 0 Å². The van der Waals surface area contributed by atoms with Crippen molar-refractivity contribution in [1.82, 2.24) is 0 Å².